The van der Waals surface area contributed by atoms with Crippen LogP contribution >= 0.6 is 0 Å². The van der Waals surface area contributed by atoms with Crippen molar-refractivity contribution in [3.63, 3.8) is 0 Å². The van der Waals surface area contributed by atoms with Crippen LogP contribution in [0, 0.1) is 11.8 Å². The number of likely N-dealkylation sites (tertiary alicyclic amines) is 1. The number of morpholine rings is 1. The molecule has 6 nitrogen and oxygen atoms in total. The highest BCUT2D eigenvalue weighted by molar-refractivity contribution is 5.80. The predicted molar refractivity (Wildman–Crippen MR) is 125 cm³/mol. The maximum atomic E-state index is 13.3. The van der Waals surface area contributed by atoms with Crippen LogP contribution in [0.1, 0.15) is 31.2 Å². The molecule has 0 saturated carbocycles. The molecule has 174 valence electrons. The van der Waals surface area contributed by atoms with Crippen molar-refractivity contribution >= 4 is 11.8 Å². The molecule has 2 amide bonds. The molecule has 0 aliphatic carbocycles. The third kappa shape index (κ3) is 6.20. The van der Waals surface area contributed by atoms with Crippen LogP contribution in [0.15, 0.2) is 42.5 Å². The van der Waals surface area contributed by atoms with Gasteiger partial charge in [0, 0.05) is 45.1 Å². The van der Waals surface area contributed by atoms with E-state index in [4.69, 9.17) is 4.74 Å². The van der Waals surface area contributed by atoms with Gasteiger partial charge in [-0.15, -0.1) is 0 Å². The van der Waals surface area contributed by atoms with Gasteiger partial charge in [0.2, 0.25) is 11.8 Å². The minimum absolute atomic E-state index is 0.0988. The third-order valence-electron chi connectivity index (χ3n) is 7.23. The lowest BCUT2D eigenvalue weighted by atomic mass is 9.81. The lowest BCUT2D eigenvalue weighted by Gasteiger charge is -2.37. The van der Waals surface area contributed by atoms with E-state index in [9.17, 15) is 9.59 Å². The summed E-state index contributed by atoms with van der Waals surface area (Å²) < 4.78 is 5.34. The zero-order valence-corrected chi connectivity index (χ0v) is 19.2. The molecule has 0 unspecified atom stereocenters. The number of ether oxygens (including phenoxy) is 1. The van der Waals surface area contributed by atoms with Gasteiger partial charge in [-0.25, -0.2) is 0 Å². The first-order chi connectivity index (χ1) is 15.7. The third-order valence-corrected chi connectivity index (χ3v) is 7.23. The molecule has 1 aromatic rings. The normalized spacial score (nSPS) is 23.4. The van der Waals surface area contributed by atoms with Crippen molar-refractivity contribution in [1.82, 2.24) is 14.7 Å². The highest BCUT2D eigenvalue weighted by Crippen LogP contribution is 2.30. The molecule has 1 atom stereocenters. The number of rotatable bonds is 7. The van der Waals surface area contributed by atoms with Gasteiger partial charge in [0.15, 0.2) is 0 Å². The summed E-state index contributed by atoms with van der Waals surface area (Å²) in [7, 11) is 0. The Hall–Kier alpha value is -2.18. The van der Waals surface area contributed by atoms with E-state index in [0.717, 1.165) is 71.5 Å². The molecule has 32 heavy (non-hydrogen) atoms. The Labute approximate surface area is 192 Å². The Morgan fingerprint density at radius 1 is 0.969 bits per heavy atom. The van der Waals surface area contributed by atoms with E-state index in [0.29, 0.717) is 31.5 Å². The van der Waals surface area contributed by atoms with Crippen LogP contribution in [-0.2, 0) is 20.7 Å². The molecule has 3 aliphatic rings. The van der Waals surface area contributed by atoms with Gasteiger partial charge < -0.3 is 19.4 Å². The molecule has 3 aliphatic heterocycles. The van der Waals surface area contributed by atoms with Crippen LogP contribution in [0.2, 0.25) is 0 Å². The first-order valence-corrected chi connectivity index (χ1v) is 12.3. The van der Waals surface area contributed by atoms with E-state index < -0.39 is 0 Å². The maximum absolute atomic E-state index is 13.3. The van der Waals surface area contributed by atoms with E-state index in [1.807, 2.05) is 11.0 Å². The Morgan fingerprint density at radius 3 is 2.47 bits per heavy atom. The zero-order chi connectivity index (χ0) is 22.2. The second-order valence-electron chi connectivity index (χ2n) is 9.26. The molecule has 0 N–H and O–H groups in total. The molecular formula is C26H37N3O3. The molecule has 4 rings (SSSR count). The summed E-state index contributed by atoms with van der Waals surface area (Å²) >= 11 is 0. The largest absolute Gasteiger partial charge is 0.378 e. The Kier molecular flexibility index (Phi) is 8.35. The number of amides is 2. The van der Waals surface area contributed by atoms with Crippen LogP contribution in [0.3, 0.4) is 0 Å². The van der Waals surface area contributed by atoms with E-state index in [1.165, 1.54) is 5.56 Å². The summed E-state index contributed by atoms with van der Waals surface area (Å²) in [6, 6.07) is 10.4. The van der Waals surface area contributed by atoms with Crippen molar-refractivity contribution in [1.29, 1.82) is 0 Å². The standard InChI is InChI=1S/C26H37N3O3/c30-25(28-18-20-32-21-19-28)12-16-27-14-10-23(11-15-27)24-8-4-5-13-29(26(24)31)17-9-22-6-2-1-3-7-22/h1-7,23-24H,8-21H2/t24-/m0/s1. The average molecular weight is 440 g/mol. The summed E-state index contributed by atoms with van der Waals surface area (Å²) in [5.41, 5.74) is 1.28. The van der Waals surface area contributed by atoms with Gasteiger partial charge in [-0.05, 0) is 50.3 Å². The van der Waals surface area contributed by atoms with Gasteiger partial charge in [-0.2, -0.15) is 0 Å². The molecule has 0 radical (unpaired) electrons. The van der Waals surface area contributed by atoms with Crippen LogP contribution in [-0.4, -0.2) is 85.5 Å². The van der Waals surface area contributed by atoms with Crippen molar-refractivity contribution in [2.75, 3.05) is 59.0 Å². The van der Waals surface area contributed by atoms with Crippen LogP contribution < -0.4 is 0 Å². The van der Waals surface area contributed by atoms with Gasteiger partial charge in [0.1, 0.15) is 0 Å². The van der Waals surface area contributed by atoms with Gasteiger partial charge in [-0.1, -0.05) is 42.5 Å². The van der Waals surface area contributed by atoms with E-state index >= 15 is 0 Å². The summed E-state index contributed by atoms with van der Waals surface area (Å²) in [5.74, 6) is 1.11. The van der Waals surface area contributed by atoms with Gasteiger partial charge in [0.05, 0.1) is 13.2 Å². The molecule has 6 heteroatoms. The van der Waals surface area contributed by atoms with Crippen molar-refractivity contribution < 1.29 is 14.3 Å². The fourth-order valence-corrected chi connectivity index (χ4v) is 5.18. The van der Waals surface area contributed by atoms with Crippen molar-refractivity contribution in [2.45, 2.75) is 32.1 Å². The Balaban J connectivity index is 1.23. The van der Waals surface area contributed by atoms with Gasteiger partial charge >= 0.3 is 0 Å². The monoisotopic (exact) mass is 439 g/mol. The minimum atomic E-state index is 0.0988. The second-order valence-corrected chi connectivity index (χ2v) is 9.26. The Bertz CT molecular complexity index is 768. The summed E-state index contributed by atoms with van der Waals surface area (Å²) in [4.78, 5) is 32.1. The molecule has 3 heterocycles. The van der Waals surface area contributed by atoms with Crippen molar-refractivity contribution in [2.24, 2.45) is 11.8 Å². The fraction of sp³-hybridized carbons (Fsp3) is 0.615. The number of benzene rings is 1. The first-order valence-electron chi connectivity index (χ1n) is 12.3. The summed E-state index contributed by atoms with van der Waals surface area (Å²) in [6.45, 7) is 7.06. The van der Waals surface area contributed by atoms with Crippen molar-refractivity contribution in [3.8, 4) is 0 Å². The molecule has 0 spiro atoms. The van der Waals surface area contributed by atoms with Gasteiger partial charge in [-0.3, -0.25) is 9.59 Å². The fourth-order valence-electron chi connectivity index (χ4n) is 5.18. The lowest BCUT2D eigenvalue weighted by molar-refractivity contribution is -0.137. The van der Waals surface area contributed by atoms with E-state index in [-0.39, 0.29) is 11.8 Å². The number of hydrogen-bond donors (Lipinski definition) is 0. The molecule has 0 bridgehead atoms. The van der Waals surface area contributed by atoms with Gasteiger partial charge in [0.25, 0.3) is 0 Å². The molecule has 0 aromatic heterocycles. The first kappa shape index (κ1) is 23.0. The second kappa shape index (κ2) is 11.6. The number of hydrogen-bond acceptors (Lipinski definition) is 4. The highest BCUT2D eigenvalue weighted by Gasteiger charge is 2.34. The number of carbonyl (C=O) groups is 2. The topological polar surface area (TPSA) is 53.1 Å². The summed E-state index contributed by atoms with van der Waals surface area (Å²) in [5, 5.41) is 0. The van der Waals surface area contributed by atoms with Crippen molar-refractivity contribution in [3.05, 3.63) is 48.0 Å². The lowest BCUT2D eigenvalue weighted by Crippen LogP contribution is -2.44. The Morgan fingerprint density at radius 2 is 1.72 bits per heavy atom. The molecular weight excluding hydrogens is 402 g/mol. The zero-order valence-electron chi connectivity index (χ0n) is 19.2. The average Bonchev–Trinajstić information content (AvgIpc) is 3.04. The van der Waals surface area contributed by atoms with E-state index in [2.05, 4.69) is 46.2 Å². The predicted octanol–water partition coefficient (Wildman–Crippen LogP) is 2.59. The summed E-state index contributed by atoms with van der Waals surface area (Å²) in [6.07, 6.45) is 8.81. The SMILES string of the molecule is O=C(CCN1CCC([C@@H]2CC=CCN(CCc3ccccc3)C2=O)CC1)N1CCOCC1. The number of allylic oxidation sites excluding steroid dienone is 1. The number of nitrogens with zero attached hydrogens (tertiary/aromatic N) is 3. The number of carbonyl (C=O) groups excluding carboxylic acids is 2. The smallest absolute Gasteiger partial charge is 0.226 e. The van der Waals surface area contributed by atoms with Crippen LogP contribution in [0.4, 0.5) is 0 Å². The van der Waals surface area contributed by atoms with Crippen LogP contribution in [0.5, 0.6) is 0 Å². The molecule has 1 aromatic carbocycles. The molecule has 2 saturated heterocycles. The number of piperidine rings is 1. The van der Waals surface area contributed by atoms with E-state index in [1.54, 1.807) is 0 Å². The highest BCUT2D eigenvalue weighted by atomic mass is 16.5. The minimum Gasteiger partial charge on any atom is -0.378 e. The molecule has 2 fully saturated rings. The quantitative estimate of drug-likeness (QED) is 0.613. The maximum Gasteiger partial charge on any atom is 0.226 e. The van der Waals surface area contributed by atoms with Crippen LogP contribution in [0.25, 0.3) is 0 Å².